The van der Waals surface area contributed by atoms with Crippen molar-refractivity contribution in [2.45, 2.75) is 0 Å². The topological polar surface area (TPSA) is 98.3 Å². The third-order valence-corrected chi connectivity index (χ3v) is 2.99. The summed E-state index contributed by atoms with van der Waals surface area (Å²) in [5.74, 6) is 0.119. The molecular weight excluding hydrogens is 248 g/mol. The monoisotopic (exact) mass is 262 g/mol. The van der Waals surface area contributed by atoms with Gasteiger partial charge in [-0.1, -0.05) is 0 Å². The Morgan fingerprint density at radius 2 is 2.16 bits per heavy atom. The molecule has 1 aromatic rings. The SMILES string of the molecule is CN1CCN(Nc2nccc(C#N)c2[N+](=O)[O-])CC1. The Bertz CT molecular complexity index is 518. The van der Waals surface area contributed by atoms with Gasteiger partial charge in [0.25, 0.3) is 0 Å². The third-order valence-electron chi connectivity index (χ3n) is 2.99. The first-order chi connectivity index (χ1) is 9.11. The summed E-state index contributed by atoms with van der Waals surface area (Å²) in [7, 11) is 2.02. The van der Waals surface area contributed by atoms with Gasteiger partial charge in [0, 0.05) is 32.4 Å². The maximum absolute atomic E-state index is 11.0. The fourth-order valence-electron chi connectivity index (χ4n) is 1.88. The van der Waals surface area contributed by atoms with Gasteiger partial charge < -0.3 is 4.90 Å². The molecule has 8 nitrogen and oxygen atoms in total. The second kappa shape index (κ2) is 5.60. The maximum atomic E-state index is 11.0. The molecule has 0 atom stereocenters. The van der Waals surface area contributed by atoms with Crippen LogP contribution < -0.4 is 5.43 Å². The number of hydrogen-bond donors (Lipinski definition) is 1. The third kappa shape index (κ3) is 2.96. The highest BCUT2D eigenvalue weighted by molar-refractivity contribution is 5.63. The van der Waals surface area contributed by atoms with Crippen LogP contribution in [0.3, 0.4) is 0 Å². The van der Waals surface area contributed by atoms with Crippen LogP contribution in [-0.4, -0.2) is 53.0 Å². The summed E-state index contributed by atoms with van der Waals surface area (Å²) in [5, 5.41) is 21.8. The van der Waals surface area contributed by atoms with Crippen LogP contribution in [0.25, 0.3) is 0 Å². The molecule has 0 aromatic carbocycles. The van der Waals surface area contributed by atoms with Crippen molar-refractivity contribution >= 4 is 11.5 Å². The first-order valence-corrected chi connectivity index (χ1v) is 5.85. The lowest BCUT2D eigenvalue weighted by Gasteiger charge is -2.32. The van der Waals surface area contributed by atoms with Gasteiger partial charge in [0.05, 0.1) is 4.92 Å². The van der Waals surface area contributed by atoms with Crippen LogP contribution in [0.4, 0.5) is 11.5 Å². The van der Waals surface area contributed by atoms with Crippen molar-refractivity contribution in [2.75, 3.05) is 38.7 Å². The van der Waals surface area contributed by atoms with E-state index in [4.69, 9.17) is 5.26 Å². The highest BCUT2D eigenvalue weighted by Gasteiger charge is 2.23. The molecule has 2 rings (SSSR count). The van der Waals surface area contributed by atoms with Crippen LogP contribution in [0.5, 0.6) is 0 Å². The molecule has 1 aliphatic rings. The Morgan fingerprint density at radius 3 is 2.74 bits per heavy atom. The first kappa shape index (κ1) is 13.2. The van der Waals surface area contributed by atoms with Crippen LogP contribution in [0.2, 0.25) is 0 Å². The molecule has 0 radical (unpaired) electrons. The van der Waals surface area contributed by atoms with Crippen molar-refractivity contribution in [2.24, 2.45) is 0 Å². The summed E-state index contributed by atoms with van der Waals surface area (Å²) in [6.07, 6.45) is 1.39. The lowest BCUT2D eigenvalue weighted by Crippen LogP contribution is -2.47. The van der Waals surface area contributed by atoms with Crippen LogP contribution in [0.1, 0.15) is 5.56 Å². The zero-order valence-corrected chi connectivity index (χ0v) is 10.5. The number of nitrogens with one attached hydrogen (secondary N) is 1. The molecule has 0 bridgehead atoms. The molecule has 8 heteroatoms. The van der Waals surface area contributed by atoms with Crippen molar-refractivity contribution in [3.8, 4) is 6.07 Å². The molecule has 0 spiro atoms. The largest absolute Gasteiger partial charge is 0.330 e. The average Bonchev–Trinajstić information content (AvgIpc) is 2.40. The Kier molecular flexibility index (Phi) is 3.89. The Hall–Kier alpha value is -2.24. The fraction of sp³-hybridized carbons (Fsp3) is 0.455. The van der Waals surface area contributed by atoms with Gasteiger partial charge >= 0.3 is 5.69 Å². The van der Waals surface area contributed by atoms with E-state index in [1.54, 1.807) is 0 Å². The Balaban J connectivity index is 2.21. The van der Waals surface area contributed by atoms with E-state index in [-0.39, 0.29) is 17.1 Å². The molecule has 1 aromatic heterocycles. The van der Waals surface area contributed by atoms with Crippen LogP contribution in [-0.2, 0) is 0 Å². The fourth-order valence-corrected chi connectivity index (χ4v) is 1.88. The molecule has 0 aliphatic carbocycles. The van der Waals surface area contributed by atoms with Gasteiger partial charge in [-0.15, -0.1) is 0 Å². The zero-order chi connectivity index (χ0) is 13.8. The Morgan fingerprint density at radius 1 is 1.47 bits per heavy atom. The highest BCUT2D eigenvalue weighted by atomic mass is 16.6. The van der Waals surface area contributed by atoms with E-state index in [1.165, 1.54) is 12.3 Å². The number of nitrogens with zero attached hydrogens (tertiary/aromatic N) is 5. The molecule has 1 N–H and O–H groups in total. The summed E-state index contributed by atoms with van der Waals surface area (Å²) < 4.78 is 0. The number of likely N-dealkylation sites (N-methyl/N-ethyl adjacent to an activating group) is 1. The maximum Gasteiger partial charge on any atom is 0.330 e. The van der Waals surface area contributed by atoms with Gasteiger partial charge in [0.1, 0.15) is 11.6 Å². The minimum absolute atomic E-state index is 0.0108. The molecular formula is C11H14N6O2. The lowest BCUT2D eigenvalue weighted by molar-refractivity contribution is -0.384. The van der Waals surface area contributed by atoms with Gasteiger partial charge in [-0.2, -0.15) is 5.26 Å². The first-order valence-electron chi connectivity index (χ1n) is 5.85. The molecule has 1 fully saturated rings. The number of anilines is 1. The van der Waals surface area contributed by atoms with E-state index in [0.717, 1.165) is 26.2 Å². The predicted octanol–water partition coefficient (Wildman–Crippen LogP) is 0.436. The molecule has 2 heterocycles. The summed E-state index contributed by atoms with van der Waals surface area (Å²) in [5.41, 5.74) is 2.67. The number of nitriles is 1. The van der Waals surface area contributed by atoms with Crippen LogP contribution >= 0.6 is 0 Å². The molecule has 0 unspecified atom stereocenters. The van der Waals surface area contributed by atoms with Crippen molar-refractivity contribution in [3.63, 3.8) is 0 Å². The van der Waals surface area contributed by atoms with E-state index >= 15 is 0 Å². The zero-order valence-electron chi connectivity index (χ0n) is 10.5. The smallest absolute Gasteiger partial charge is 0.304 e. The molecule has 19 heavy (non-hydrogen) atoms. The standard InChI is InChI=1S/C11H14N6O2/c1-15-4-6-16(7-5-15)14-11-10(17(18)19)9(8-12)2-3-13-11/h2-3H,4-7H2,1H3,(H,13,14). The van der Waals surface area contributed by atoms with Crippen molar-refractivity contribution < 1.29 is 4.92 Å². The van der Waals surface area contributed by atoms with Crippen LogP contribution in [0, 0.1) is 21.4 Å². The van der Waals surface area contributed by atoms with Gasteiger partial charge in [-0.05, 0) is 13.1 Å². The van der Waals surface area contributed by atoms with Gasteiger partial charge in [0.15, 0.2) is 0 Å². The van der Waals surface area contributed by atoms with Gasteiger partial charge in [-0.25, -0.2) is 9.99 Å². The number of rotatable bonds is 3. The number of hydrogen-bond acceptors (Lipinski definition) is 7. The summed E-state index contributed by atoms with van der Waals surface area (Å²) in [4.78, 5) is 16.6. The number of nitro groups is 1. The summed E-state index contributed by atoms with van der Waals surface area (Å²) in [6.45, 7) is 3.23. The molecule has 0 saturated carbocycles. The van der Waals surface area contributed by atoms with Gasteiger partial charge in [-0.3, -0.25) is 15.5 Å². The summed E-state index contributed by atoms with van der Waals surface area (Å²) >= 11 is 0. The van der Waals surface area contributed by atoms with E-state index in [9.17, 15) is 10.1 Å². The van der Waals surface area contributed by atoms with E-state index in [2.05, 4.69) is 15.3 Å². The summed E-state index contributed by atoms with van der Waals surface area (Å²) in [6, 6.07) is 3.15. The van der Waals surface area contributed by atoms with Crippen molar-refractivity contribution in [1.82, 2.24) is 14.9 Å². The molecule has 0 amide bonds. The van der Waals surface area contributed by atoms with E-state index in [1.807, 2.05) is 18.1 Å². The quantitative estimate of drug-likeness (QED) is 0.623. The second-order valence-corrected chi connectivity index (χ2v) is 4.33. The number of pyridine rings is 1. The molecule has 1 aliphatic heterocycles. The normalized spacial score (nSPS) is 16.8. The number of aromatic nitrogens is 1. The second-order valence-electron chi connectivity index (χ2n) is 4.33. The van der Waals surface area contributed by atoms with E-state index in [0.29, 0.717) is 0 Å². The number of hydrazine groups is 1. The van der Waals surface area contributed by atoms with E-state index < -0.39 is 4.92 Å². The minimum atomic E-state index is -0.579. The molecule has 100 valence electrons. The Labute approximate surface area is 110 Å². The highest BCUT2D eigenvalue weighted by Crippen LogP contribution is 2.26. The average molecular weight is 262 g/mol. The number of piperazine rings is 1. The van der Waals surface area contributed by atoms with Crippen molar-refractivity contribution in [3.05, 3.63) is 27.9 Å². The lowest BCUT2D eigenvalue weighted by atomic mass is 10.2. The van der Waals surface area contributed by atoms with Crippen molar-refractivity contribution in [1.29, 1.82) is 5.26 Å². The molecule has 1 saturated heterocycles. The minimum Gasteiger partial charge on any atom is -0.304 e. The van der Waals surface area contributed by atoms with Crippen LogP contribution in [0.15, 0.2) is 12.3 Å². The predicted molar refractivity (Wildman–Crippen MR) is 68.3 cm³/mol. The van der Waals surface area contributed by atoms with Gasteiger partial charge in [0.2, 0.25) is 5.82 Å².